The minimum atomic E-state index is -0.633. The Bertz CT molecular complexity index is 491. The smallest absolute Gasteiger partial charge is 0.126 e. The van der Waals surface area contributed by atoms with Crippen molar-refractivity contribution in [1.29, 1.82) is 0 Å². The number of aliphatic hydroxyl groups is 1. The minimum Gasteiger partial charge on any atom is -0.485 e. The third kappa shape index (κ3) is 2.23. The van der Waals surface area contributed by atoms with Crippen LogP contribution in [-0.4, -0.2) is 34.7 Å². The zero-order valence-corrected chi connectivity index (χ0v) is 11.4. The van der Waals surface area contributed by atoms with Crippen molar-refractivity contribution in [3.63, 3.8) is 0 Å². The van der Waals surface area contributed by atoms with Gasteiger partial charge in [0.05, 0.1) is 6.10 Å². The molecule has 1 spiro atoms. The van der Waals surface area contributed by atoms with E-state index >= 15 is 0 Å². The van der Waals surface area contributed by atoms with Crippen molar-refractivity contribution in [2.24, 2.45) is 0 Å². The lowest BCUT2D eigenvalue weighted by Crippen LogP contribution is -2.44. The molecule has 1 aromatic carbocycles. The summed E-state index contributed by atoms with van der Waals surface area (Å²) in [4.78, 5) is 2.36. The summed E-state index contributed by atoms with van der Waals surface area (Å²) >= 11 is 0. The van der Waals surface area contributed by atoms with Crippen LogP contribution in [0.4, 0.5) is 4.39 Å². The first-order valence-electron chi connectivity index (χ1n) is 6.90. The van der Waals surface area contributed by atoms with Gasteiger partial charge < -0.3 is 9.84 Å². The molecule has 4 heteroatoms. The molecule has 0 aliphatic carbocycles. The Labute approximate surface area is 113 Å². The van der Waals surface area contributed by atoms with Crippen LogP contribution in [0.5, 0.6) is 5.75 Å². The number of halogens is 1. The highest BCUT2D eigenvalue weighted by Crippen LogP contribution is 2.44. The van der Waals surface area contributed by atoms with Crippen molar-refractivity contribution in [3.8, 4) is 5.75 Å². The lowest BCUT2D eigenvalue weighted by Gasteiger charge is -2.38. The molecule has 0 saturated carbocycles. The Morgan fingerprint density at radius 2 is 2.26 bits per heavy atom. The first kappa shape index (κ1) is 12.9. The molecule has 3 nitrogen and oxygen atoms in total. The average molecular weight is 265 g/mol. The molecule has 19 heavy (non-hydrogen) atoms. The van der Waals surface area contributed by atoms with Crippen LogP contribution >= 0.6 is 0 Å². The fourth-order valence-corrected chi connectivity index (χ4v) is 3.18. The van der Waals surface area contributed by atoms with Crippen LogP contribution in [0, 0.1) is 5.82 Å². The van der Waals surface area contributed by atoms with E-state index < -0.39 is 6.10 Å². The van der Waals surface area contributed by atoms with Gasteiger partial charge in [0.2, 0.25) is 0 Å². The molecule has 1 fully saturated rings. The molecule has 2 aliphatic heterocycles. The van der Waals surface area contributed by atoms with Crippen LogP contribution in [-0.2, 0) is 0 Å². The van der Waals surface area contributed by atoms with Gasteiger partial charge in [-0.25, -0.2) is 4.39 Å². The zero-order chi connectivity index (χ0) is 13.6. The maximum absolute atomic E-state index is 13.2. The van der Waals surface area contributed by atoms with Gasteiger partial charge in [-0.2, -0.15) is 0 Å². The van der Waals surface area contributed by atoms with Gasteiger partial charge in [0.1, 0.15) is 17.2 Å². The van der Waals surface area contributed by atoms with E-state index in [1.807, 2.05) is 0 Å². The van der Waals surface area contributed by atoms with E-state index in [1.54, 1.807) is 6.07 Å². The van der Waals surface area contributed by atoms with Crippen molar-refractivity contribution < 1.29 is 14.2 Å². The summed E-state index contributed by atoms with van der Waals surface area (Å²) in [6.07, 6.45) is 0.831. The highest BCUT2D eigenvalue weighted by atomic mass is 19.1. The second-order valence-electron chi connectivity index (χ2n) is 6.00. The number of nitrogens with zero attached hydrogens (tertiary/aromatic N) is 1. The van der Waals surface area contributed by atoms with Crippen LogP contribution in [0.3, 0.4) is 0 Å². The van der Waals surface area contributed by atoms with E-state index in [2.05, 4.69) is 18.7 Å². The number of ether oxygens (including phenoxy) is 1. The van der Waals surface area contributed by atoms with E-state index in [4.69, 9.17) is 4.74 Å². The summed E-state index contributed by atoms with van der Waals surface area (Å²) in [5.74, 6) is 0.304. The number of hydrogen-bond acceptors (Lipinski definition) is 3. The third-order valence-electron chi connectivity index (χ3n) is 4.30. The standard InChI is InChI=1S/C15H20FNO2/c1-10(2)17-6-5-15(9-17)8-13(18)12-7-11(16)3-4-14(12)19-15/h3-4,7,10,13,18H,5-6,8-9H2,1-2H3/t13-,15?/m1/s1. The number of aliphatic hydroxyl groups excluding tert-OH is 1. The molecule has 0 bridgehead atoms. The van der Waals surface area contributed by atoms with E-state index in [0.29, 0.717) is 23.8 Å². The molecule has 2 atom stereocenters. The fraction of sp³-hybridized carbons (Fsp3) is 0.600. The zero-order valence-electron chi connectivity index (χ0n) is 11.4. The number of rotatable bonds is 1. The molecule has 1 N–H and O–H groups in total. The van der Waals surface area contributed by atoms with Crippen LogP contribution < -0.4 is 4.74 Å². The Kier molecular flexibility index (Phi) is 3.02. The second kappa shape index (κ2) is 4.46. The normalized spacial score (nSPS) is 30.7. The molecule has 2 heterocycles. The van der Waals surface area contributed by atoms with Gasteiger partial charge in [-0.1, -0.05) is 0 Å². The molecule has 104 valence electrons. The maximum atomic E-state index is 13.2. The first-order valence-corrected chi connectivity index (χ1v) is 6.90. The van der Waals surface area contributed by atoms with Crippen molar-refractivity contribution in [3.05, 3.63) is 29.6 Å². The van der Waals surface area contributed by atoms with E-state index in [9.17, 15) is 9.50 Å². The van der Waals surface area contributed by atoms with E-state index in [0.717, 1.165) is 19.5 Å². The highest BCUT2D eigenvalue weighted by molar-refractivity contribution is 5.39. The number of fused-ring (bicyclic) bond motifs is 1. The molecule has 0 radical (unpaired) electrons. The van der Waals surface area contributed by atoms with Crippen LogP contribution in [0.25, 0.3) is 0 Å². The van der Waals surface area contributed by atoms with E-state index in [-0.39, 0.29) is 11.4 Å². The molecule has 0 amide bonds. The Balaban J connectivity index is 1.87. The van der Waals surface area contributed by atoms with Crippen molar-refractivity contribution >= 4 is 0 Å². The quantitative estimate of drug-likeness (QED) is 0.847. The van der Waals surface area contributed by atoms with Gasteiger partial charge in [0, 0.05) is 37.5 Å². The van der Waals surface area contributed by atoms with Gasteiger partial charge in [-0.05, 0) is 32.0 Å². The Morgan fingerprint density at radius 3 is 2.95 bits per heavy atom. The largest absolute Gasteiger partial charge is 0.485 e. The van der Waals surface area contributed by atoms with Gasteiger partial charge in [-0.15, -0.1) is 0 Å². The lowest BCUT2D eigenvalue weighted by atomic mass is 9.88. The average Bonchev–Trinajstić information content (AvgIpc) is 2.74. The molecule has 1 aromatic rings. The summed E-state index contributed by atoms with van der Waals surface area (Å²) in [6, 6.07) is 4.88. The van der Waals surface area contributed by atoms with E-state index in [1.165, 1.54) is 12.1 Å². The van der Waals surface area contributed by atoms with Gasteiger partial charge >= 0.3 is 0 Å². The third-order valence-corrected chi connectivity index (χ3v) is 4.30. The molecule has 2 aliphatic rings. The van der Waals surface area contributed by atoms with Gasteiger partial charge in [0.25, 0.3) is 0 Å². The molecular weight excluding hydrogens is 245 g/mol. The van der Waals surface area contributed by atoms with Crippen LogP contribution in [0.1, 0.15) is 38.4 Å². The Morgan fingerprint density at radius 1 is 1.47 bits per heavy atom. The molecule has 1 unspecified atom stereocenters. The predicted octanol–water partition coefficient (Wildman–Crippen LogP) is 2.49. The second-order valence-corrected chi connectivity index (χ2v) is 6.00. The Hall–Kier alpha value is -1.13. The number of benzene rings is 1. The summed E-state index contributed by atoms with van der Waals surface area (Å²) in [6.45, 7) is 6.16. The van der Waals surface area contributed by atoms with Crippen LogP contribution in [0.2, 0.25) is 0 Å². The van der Waals surface area contributed by atoms with Crippen LogP contribution in [0.15, 0.2) is 18.2 Å². The van der Waals surface area contributed by atoms with Gasteiger partial charge in [-0.3, -0.25) is 4.90 Å². The summed E-state index contributed by atoms with van der Waals surface area (Å²) in [7, 11) is 0. The first-order chi connectivity index (χ1) is 8.99. The SMILES string of the molecule is CC(C)N1CCC2(C[C@@H](O)c3cc(F)ccc3O2)C1. The minimum absolute atomic E-state index is 0.311. The molecule has 1 saturated heterocycles. The summed E-state index contributed by atoms with van der Waals surface area (Å²) in [5.41, 5.74) is 0.266. The highest BCUT2D eigenvalue weighted by Gasteiger charge is 2.46. The monoisotopic (exact) mass is 265 g/mol. The van der Waals surface area contributed by atoms with Gasteiger partial charge in [0.15, 0.2) is 0 Å². The number of hydrogen-bond donors (Lipinski definition) is 1. The molecule has 0 aromatic heterocycles. The maximum Gasteiger partial charge on any atom is 0.126 e. The molecule has 3 rings (SSSR count). The number of likely N-dealkylation sites (tertiary alicyclic amines) is 1. The molecular formula is C15H20FNO2. The van der Waals surface area contributed by atoms with Crippen molar-refractivity contribution in [2.75, 3.05) is 13.1 Å². The topological polar surface area (TPSA) is 32.7 Å². The van der Waals surface area contributed by atoms with Crippen molar-refractivity contribution in [2.45, 2.75) is 44.4 Å². The predicted molar refractivity (Wildman–Crippen MR) is 70.7 cm³/mol. The van der Waals surface area contributed by atoms with Crippen molar-refractivity contribution in [1.82, 2.24) is 4.90 Å². The summed E-state index contributed by atoms with van der Waals surface area (Å²) < 4.78 is 19.3. The lowest BCUT2D eigenvalue weighted by molar-refractivity contribution is -0.00912. The summed E-state index contributed by atoms with van der Waals surface area (Å²) in [5, 5.41) is 10.3. The fourth-order valence-electron chi connectivity index (χ4n) is 3.18.